The van der Waals surface area contributed by atoms with Gasteiger partial charge in [0.15, 0.2) is 0 Å². The van der Waals surface area contributed by atoms with Crippen LogP contribution in [0.3, 0.4) is 0 Å². The smallest absolute Gasteiger partial charge is 0.108 e. The van der Waals surface area contributed by atoms with Crippen LogP contribution in [-0.4, -0.2) is 14.7 Å². The fourth-order valence-electron chi connectivity index (χ4n) is 2.28. The van der Waals surface area contributed by atoms with Crippen LogP contribution in [0.5, 0.6) is 0 Å². The molecule has 3 aromatic rings. The Morgan fingerprint density at radius 1 is 1.16 bits per heavy atom. The second-order valence-electron chi connectivity index (χ2n) is 4.63. The van der Waals surface area contributed by atoms with Crippen LogP contribution in [0.25, 0.3) is 5.52 Å². The topological polar surface area (TPSA) is 37.5 Å². The summed E-state index contributed by atoms with van der Waals surface area (Å²) in [7, 11) is 0. The van der Waals surface area contributed by atoms with Crippen molar-refractivity contribution in [2.24, 2.45) is 0 Å². The van der Waals surface area contributed by atoms with Crippen LogP contribution in [-0.2, 0) is 6.42 Å². The van der Waals surface area contributed by atoms with Gasteiger partial charge in [0.05, 0.1) is 11.7 Å². The Hall–Kier alpha value is -2.13. The molecule has 0 saturated heterocycles. The maximum Gasteiger partial charge on any atom is 0.108 e. The molecule has 0 aliphatic rings. The molecule has 0 aliphatic heterocycles. The Bertz CT molecular complexity index is 685. The van der Waals surface area contributed by atoms with E-state index >= 15 is 0 Å². The summed E-state index contributed by atoms with van der Waals surface area (Å²) in [5.41, 5.74) is 3.95. The zero-order valence-electron chi connectivity index (χ0n) is 10.8. The SMILES string of the molecule is CCc1ccc(C(O)c2cnn3ccccc23)cc1. The van der Waals surface area contributed by atoms with E-state index in [0.717, 1.165) is 23.1 Å². The number of benzene rings is 1. The molecule has 0 spiro atoms. The predicted octanol–water partition coefficient (Wildman–Crippen LogP) is 2.98. The van der Waals surface area contributed by atoms with Gasteiger partial charge in [0.2, 0.25) is 0 Å². The van der Waals surface area contributed by atoms with E-state index in [-0.39, 0.29) is 0 Å². The van der Waals surface area contributed by atoms with Gasteiger partial charge in [-0.15, -0.1) is 0 Å². The molecule has 1 N–H and O–H groups in total. The number of nitrogens with zero attached hydrogens (tertiary/aromatic N) is 2. The summed E-state index contributed by atoms with van der Waals surface area (Å²) in [6.07, 6.45) is 3.98. The molecule has 0 saturated carbocycles. The molecule has 1 atom stereocenters. The molecule has 96 valence electrons. The second kappa shape index (κ2) is 4.86. The van der Waals surface area contributed by atoms with Gasteiger partial charge in [-0.25, -0.2) is 4.52 Å². The minimum atomic E-state index is -0.634. The maximum atomic E-state index is 10.5. The Morgan fingerprint density at radius 2 is 1.95 bits per heavy atom. The molecule has 0 radical (unpaired) electrons. The van der Waals surface area contributed by atoms with Gasteiger partial charge in [-0.05, 0) is 29.7 Å². The summed E-state index contributed by atoms with van der Waals surface area (Å²) < 4.78 is 1.78. The first-order valence-corrected chi connectivity index (χ1v) is 6.48. The van der Waals surface area contributed by atoms with E-state index < -0.39 is 6.10 Å². The van der Waals surface area contributed by atoms with Gasteiger partial charge >= 0.3 is 0 Å². The fourth-order valence-corrected chi connectivity index (χ4v) is 2.28. The Kier molecular flexibility index (Phi) is 3.05. The molecule has 1 unspecified atom stereocenters. The molecule has 2 heterocycles. The second-order valence-corrected chi connectivity index (χ2v) is 4.63. The number of rotatable bonds is 3. The molecule has 0 aliphatic carbocycles. The zero-order valence-corrected chi connectivity index (χ0v) is 10.8. The van der Waals surface area contributed by atoms with E-state index in [2.05, 4.69) is 24.2 Å². The lowest BCUT2D eigenvalue weighted by Gasteiger charge is -2.10. The summed E-state index contributed by atoms with van der Waals surface area (Å²) in [4.78, 5) is 0. The lowest BCUT2D eigenvalue weighted by molar-refractivity contribution is 0.222. The minimum absolute atomic E-state index is 0.634. The molecular weight excluding hydrogens is 236 g/mol. The van der Waals surface area contributed by atoms with Crippen LogP contribution < -0.4 is 0 Å². The summed E-state index contributed by atoms with van der Waals surface area (Å²) in [5, 5.41) is 14.7. The summed E-state index contributed by atoms with van der Waals surface area (Å²) in [6.45, 7) is 2.12. The van der Waals surface area contributed by atoms with Crippen molar-refractivity contribution in [1.29, 1.82) is 0 Å². The maximum absolute atomic E-state index is 10.5. The Labute approximate surface area is 112 Å². The van der Waals surface area contributed by atoms with Crippen molar-refractivity contribution in [3.63, 3.8) is 0 Å². The molecule has 2 aromatic heterocycles. The average molecular weight is 252 g/mol. The standard InChI is InChI=1S/C16H16N2O/c1-2-12-6-8-13(9-7-12)16(19)14-11-17-18-10-4-3-5-15(14)18/h3-11,16,19H,2H2,1H3. The lowest BCUT2D eigenvalue weighted by atomic mass is 10.0. The van der Waals surface area contributed by atoms with Gasteiger partial charge in [-0.2, -0.15) is 5.10 Å². The van der Waals surface area contributed by atoms with Gasteiger partial charge in [0.25, 0.3) is 0 Å². The van der Waals surface area contributed by atoms with Crippen LogP contribution in [0, 0.1) is 0 Å². The monoisotopic (exact) mass is 252 g/mol. The van der Waals surface area contributed by atoms with Crippen LogP contribution in [0.15, 0.2) is 54.9 Å². The van der Waals surface area contributed by atoms with Crippen molar-refractivity contribution in [2.45, 2.75) is 19.4 Å². The Balaban J connectivity index is 2.00. The number of fused-ring (bicyclic) bond motifs is 1. The molecule has 3 nitrogen and oxygen atoms in total. The van der Waals surface area contributed by atoms with Crippen molar-refractivity contribution in [3.05, 3.63) is 71.5 Å². The highest BCUT2D eigenvalue weighted by Gasteiger charge is 2.15. The van der Waals surface area contributed by atoms with Crippen LogP contribution >= 0.6 is 0 Å². The highest BCUT2D eigenvalue weighted by Crippen LogP contribution is 2.25. The summed E-state index contributed by atoms with van der Waals surface area (Å²) in [6, 6.07) is 13.9. The van der Waals surface area contributed by atoms with Gasteiger partial charge in [0.1, 0.15) is 6.10 Å². The number of aliphatic hydroxyl groups excluding tert-OH is 1. The van der Waals surface area contributed by atoms with Crippen molar-refractivity contribution in [3.8, 4) is 0 Å². The summed E-state index contributed by atoms with van der Waals surface area (Å²) >= 11 is 0. The van der Waals surface area contributed by atoms with Gasteiger partial charge < -0.3 is 5.11 Å². The fraction of sp³-hybridized carbons (Fsp3) is 0.188. The van der Waals surface area contributed by atoms with Crippen molar-refractivity contribution < 1.29 is 5.11 Å². The number of aromatic nitrogens is 2. The third-order valence-corrected chi connectivity index (χ3v) is 3.45. The van der Waals surface area contributed by atoms with E-state index in [0.29, 0.717) is 0 Å². The molecular formula is C16H16N2O. The Morgan fingerprint density at radius 3 is 2.68 bits per heavy atom. The van der Waals surface area contributed by atoms with Crippen molar-refractivity contribution in [1.82, 2.24) is 9.61 Å². The molecule has 0 bridgehead atoms. The highest BCUT2D eigenvalue weighted by atomic mass is 16.3. The first-order chi connectivity index (χ1) is 9.29. The molecule has 3 heteroatoms. The van der Waals surface area contributed by atoms with E-state index in [9.17, 15) is 5.11 Å². The first-order valence-electron chi connectivity index (χ1n) is 6.48. The van der Waals surface area contributed by atoms with Crippen LogP contribution in [0.2, 0.25) is 0 Å². The van der Waals surface area contributed by atoms with Crippen LogP contribution in [0.4, 0.5) is 0 Å². The number of hydrogen-bond acceptors (Lipinski definition) is 2. The minimum Gasteiger partial charge on any atom is -0.384 e. The molecule has 1 aromatic carbocycles. The van der Waals surface area contributed by atoms with E-state index in [1.165, 1.54) is 5.56 Å². The molecule has 3 rings (SSSR count). The largest absolute Gasteiger partial charge is 0.384 e. The van der Waals surface area contributed by atoms with Gasteiger partial charge in [-0.3, -0.25) is 0 Å². The first kappa shape index (κ1) is 11.9. The number of aryl methyl sites for hydroxylation is 1. The van der Waals surface area contributed by atoms with E-state index in [1.54, 1.807) is 10.7 Å². The highest BCUT2D eigenvalue weighted by molar-refractivity contribution is 5.56. The van der Waals surface area contributed by atoms with Gasteiger partial charge in [-0.1, -0.05) is 37.3 Å². The summed E-state index contributed by atoms with van der Waals surface area (Å²) in [5.74, 6) is 0. The van der Waals surface area contributed by atoms with E-state index in [1.807, 2.05) is 36.5 Å². The molecule has 0 fully saturated rings. The molecule has 19 heavy (non-hydrogen) atoms. The predicted molar refractivity (Wildman–Crippen MR) is 75.1 cm³/mol. The van der Waals surface area contributed by atoms with Crippen molar-refractivity contribution >= 4 is 5.52 Å². The lowest BCUT2D eigenvalue weighted by Crippen LogP contribution is -1.99. The van der Waals surface area contributed by atoms with E-state index in [4.69, 9.17) is 0 Å². The normalized spacial score (nSPS) is 12.7. The zero-order chi connectivity index (χ0) is 13.2. The number of aliphatic hydroxyl groups is 1. The van der Waals surface area contributed by atoms with Crippen LogP contribution in [0.1, 0.15) is 29.7 Å². The number of pyridine rings is 1. The van der Waals surface area contributed by atoms with Crippen molar-refractivity contribution in [2.75, 3.05) is 0 Å². The molecule has 0 amide bonds. The third-order valence-electron chi connectivity index (χ3n) is 3.45. The van der Waals surface area contributed by atoms with Gasteiger partial charge in [0, 0.05) is 11.8 Å². The average Bonchev–Trinajstić information content (AvgIpc) is 2.90. The third kappa shape index (κ3) is 2.13. The quantitative estimate of drug-likeness (QED) is 0.778. The number of hydrogen-bond donors (Lipinski definition) is 1.